The predicted octanol–water partition coefficient (Wildman–Crippen LogP) is 4.41. The molecule has 13 nitrogen and oxygen atoms in total. The van der Waals surface area contributed by atoms with Gasteiger partial charge < -0.3 is 30.9 Å². The van der Waals surface area contributed by atoms with Gasteiger partial charge in [-0.3, -0.25) is 9.79 Å². The number of aliphatic imine (C=N–C) groups is 1. The van der Waals surface area contributed by atoms with Gasteiger partial charge in [-0.25, -0.2) is 22.9 Å². The van der Waals surface area contributed by atoms with Crippen LogP contribution in [-0.2, 0) is 26.0 Å². The second-order valence-corrected chi connectivity index (χ2v) is 16.2. The summed E-state index contributed by atoms with van der Waals surface area (Å²) in [6, 6.07) is 7.36. The van der Waals surface area contributed by atoms with Crippen LogP contribution in [0.1, 0.15) is 67.0 Å². The van der Waals surface area contributed by atoms with Crippen molar-refractivity contribution in [3.05, 3.63) is 72.7 Å². The van der Waals surface area contributed by atoms with Crippen molar-refractivity contribution >= 4 is 61.9 Å². The third kappa shape index (κ3) is 11.8. The number of aromatic nitrogens is 1. The molecule has 49 heavy (non-hydrogen) atoms. The number of benzene rings is 2. The topological polar surface area (TPSA) is 194 Å². The number of aliphatic hydroxyl groups is 1. The summed E-state index contributed by atoms with van der Waals surface area (Å²) in [7, 11) is -2.53. The summed E-state index contributed by atoms with van der Waals surface area (Å²) in [6.07, 6.45) is 0.365. The zero-order chi connectivity index (χ0) is 36.5. The molecule has 0 saturated heterocycles. The van der Waals surface area contributed by atoms with Crippen molar-refractivity contribution in [1.82, 2.24) is 20.3 Å². The van der Waals surface area contributed by atoms with Gasteiger partial charge in [-0.1, -0.05) is 12.1 Å². The van der Waals surface area contributed by atoms with E-state index in [9.17, 15) is 23.1 Å². The third-order valence-corrected chi connectivity index (χ3v) is 10.6. The highest BCUT2D eigenvalue weighted by atomic mass is 127. The standard InChI is InChI=1S/C33H45IN6O7S2/c1-19-17-26(46-7)20(2)21(3)28(19)49(44,45)40-31(35)37-14-8-9-24(27(41)30-36-15-16-48-30)38-29(42)25(39-32(43)47-33(4,5)6)18-22-10-12-23(34)13-11-22/h10-13,15-17,24-25,27,41H,8-9,14,18H2,1-7H3,(H,38,42)(H,39,43)(H3,35,37,40)/t24-,25-,27?/m0/s1. The summed E-state index contributed by atoms with van der Waals surface area (Å²) in [5.41, 5.74) is 7.76. The normalized spacial score (nSPS) is 14.0. The van der Waals surface area contributed by atoms with Gasteiger partial charge in [0.05, 0.1) is 18.0 Å². The summed E-state index contributed by atoms with van der Waals surface area (Å²) in [5, 5.41) is 18.9. The van der Waals surface area contributed by atoms with Crippen molar-refractivity contribution < 1.29 is 32.6 Å². The molecule has 0 fully saturated rings. The first kappa shape index (κ1) is 40.0. The molecule has 0 aliphatic heterocycles. The summed E-state index contributed by atoms with van der Waals surface area (Å²) in [5.74, 6) is -0.243. The number of ether oxygens (including phenoxy) is 2. The molecule has 268 valence electrons. The Bertz CT molecular complexity index is 1730. The maximum atomic E-state index is 13.7. The number of amides is 2. The summed E-state index contributed by atoms with van der Waals surface area (Å²) >= 11 is 3.42. The van der Waals surface area contributed by atoms with Crippen LogP contribution in [0.2, 0.25) is 0 Å². The van der Waals surface area contributed by atoms with Gasteiger partial charge in [-0.2, -0.15) is 0 Å². The fraction of sp³-hybridized carbons (Fsp3) is 0.455. The quantitative estimate of drug-likeness (QED) is 0.0678. The molecule has 0 saturated carbocycles. The van der Waals surface area contributed by atoms with E-state index >= 15 is 0 Å². The molecule has 0 aliphatic carbocycles. The Morgan fingerprint density at radius 2 is 1.80 bits per heavy atom. The Balaban J connectivity index is 1.75. The number of nitrogens with zero attached hydrogens (tertiary/aromatic N) is 2. The van der Waals surface area contributed by atoms with Crippen molar-refractivity contribution in [2.24, 2.45) is 10.7 Å². The van der Waals surface area contributed by atoms with Crippen LogP contribution in [0, 0.1) is 24.3 Å². The fourth-order valence-electron chi connectivity index (χ4n) is 5.04. The fourth-order valence-corrected chi connectivity index (χ4v) is 7.57. The van der Waals surface area contributed by atoms with Crippen molar-refractivity contribution in [3.63, 3.8) is 0 Å². The molecule has 2 amide bonds. The molecule has 1 aromatic heterocycles. The highest BCUT2D eigenvalue weighted by Gasteiger charge is 2.30. The van der Waals surface area contributed by atoms with E-state index in [1.54, 1.807) is 59.2 Å². The van der Waals surface area contributed by atoms with Crippen LogP contribution in [0.4, 0.5) is 4.79 Å². The average Bonchev–Trinajstić information content (AvgIpc) is 3.54. The van der Waals surface area contributed by atoms with E-state index in [1.807, 2.05) is 24.3 Å². The van der Waals surface area contributed by atoms with E-state index in [0.29, 0.717) is 33.9 Å². The van der Waals surface area contributed by atoms with Gasteiger partial charge in [0.15, 0.2) is 0 Å². The lowest BCUT2D eigenvalue weighted by atomic mass is 10.0. The highest BCUT2D eigenvalue weighted by molar-refractivity contribution is 14.1. The SMILES string of the molecule is COc1cc(C)c(S(=O)(=O)NC(N)=NCCC[C@H](NC(=O)[C@H](Cc2ccc(I)cc2)NC(=O)OC(C)(C)C)C(O)c2nccs2)c(C)c1C. The van der Waals surface area contributed by atoms with Crippen LogP contribution in [0.25, 0.3) is 0 Å². The molecular formula is C33H45IN6O7S2. The van der Waals surface area contributed by atoms with Crippen LogP contribution in [-0.4, -0.2) is 67.8 Å². The lowest BCUT2D eigenvalue weighted by molar-refractivity contribution is -0.124. The van der Waals surface area contributed by atoms with Crippen LogP contribution >= 0.6 is 33.9 Å². The van der Waals surface area contributed by atoms with Gasteiger partial charge in [0.25, 0.3) is 10.0 Å². The van der Waals surface area contributed by atoms with E-state index in [2.05, 4.69) is 47.9 Å². The van der Waals surface area contributed by atoms with E-state index in [4.69, 9.17) is 15.2 Å². The second-order valence-electron chi connectivity index (χ2n) is 12.4. The Morgan fingerprint density at radius 1 is 1.12 bits per heavy atom. The predicted molar refractivity (Wildman–Crippen MR) is 198 cm³/mol. The number of aryl methyl sites for hydroxylation is 1. The number of nitrogens with two attached hydrogens (primary N) is 1. The third-order valence-electron chi connectivity index (χ3n) is 7.44. The Labute approximate surface area is 305 Å². The maximum Gasteiger partial charge on any atom is 0.408 e. The zero-order valence-electron chi connectivity index (χ0n) is 28.7. The summed E-state index contributed by atoms with van der Waals surface area (Å²) in [6.45, 7) is 10.4. The number of carbonyl (C=O) groups is 2. The van der Waals surface area contributed by atoms with Crippen LogP contribution < -0.4 is 25.8 Å². The van der Waals surface area contributed by atoms with E-state index in [0.717, 1.165) is 9.13 Å². The van der Waals surface area contributed by atoms with Gasteiger partial charge in [-0.05, 0) is 117 Å². The summed E-state index contributed by atoms with van der Waals surface area (Å²) in [4.78, 5) is 34.9. The Morgan fingerprint density at radius 3 is 2.39 bits per heavy atom. The Kier molecular flexibility index (Phi) is 14.2. The van der Waals surface area contributed by atoms with Crippen molar-refractivity contribution in [3.8, 4) is 5.75 Å². The first-order valence-corrected chi connectivity index (χ1v) is 18.9. The lowest BCUT2D eigenvalue weighted by Gasteiger charge is -2.27. The average molecular weight is 829 g/mol. The number of hydrogen-bond donors (Lipinski definition) is 5. The van der Waals surface area contributed by atoms with Crippen molar-refractivity contribution in [2.45, 2.75) is 89.5 Å². The van der Waals surface area contributed by atoms with E-state index < -0.39 is 45.8 Å². The number of rotatable bonds is 14. The van der Waals surface area contributed by atoms with Gasteiger partial charge in [0.1, 0.15) is 28.5 Å². The molecule has 3 aromatic rings. The number of sulfonamides is 1. The van der Waals surface area contributed by atoms with Crippen molar-refractivity contribution in [1.29, 1.82) is 0 Å². The number of nitrogens with one attached hydrogen (secondary N) is 3. The van der Waals surface area contributed by atoms with Crippen LogP contribution in [0.3, 0.4) is 0 Å². The molecule has 2 aromatic carbocycles. The smallest absolute Gasteiger partial charge is 0.408 e. The lowest BCUT2D eigenvalue weighted by Crippen LogP contribution is -2.52. The minimum Gasteiger partial charge on any atom is -0.496 e. The van der Waals surface area contributed by atoms with Crippen molar-refractivity contribution in [2.75, 3.05) is 13.7 Å². The largest absolute Gasteiger partial charge is 0.496 e. The molecular weight excluding hydrogens is 783 g/mol. The monoisotopic (exact) mass is 828 g/mol. The first-order chi connectivity index (χ1) is 22.9. The number of thiazole rings is 1. The molecule has 1 unspecified atom stereocenters. The molecule has 0 radical (unpaired) electrons. The maximum absolute atomic E-state index is 13.7. The molecule has 1 heterocycles. The van der Waals surface area contributed by atoms with E-state index in [1.165, 1.54) is 18.4 Å². The van der Waals surface area contributed by atoms with Crippen LogP contribution in [0.15, 0.2) is 51.8 Å². The molecule has 0 aliphatic rings. The summed E-state index contributed by atoms with van der Waals surface area (Å²) < 4.78 is 40.6. The van der Waals surface area contributed by atoms with Gasteiger partial charge >= 0.3 is 6.09 Å². The van der Waals surface area contributed by atoms with Gasteiger partial charge in [0, 0.05) is 28.1 Å². The number of methoxy groups -OCH3 is 1. The first-order valence-electron chi connectivity index (χ1n) is 15.5. The number of aliphatic hydroxyl groups excluding tert-OH is 1. The van der Waals surface area contributed by atoms with Gasteiger partial charge in [-0.15, -0.1) is 11.3 Å². The number of guanidine groups is 1. The van der Waals surface area contributed by atoms with Crippen LogP contribution in [0.5, 0.6) is 5.75 Å². The molecule has 0 bridgehead atoms. The minimum atomic E-state index is -4.05. The van der Waals surface area contributed by atoms with E-state index in [-0.39, 0.29) is 30.2 Å². The second kappa shape index (κ2) is 17.4. The molecule has 3 atom stereocenters. The number of alkyl carbamates (subject to hydrolysis) is 1. The highest BCUT2D eigenvalue weighted by Crippen LogP contribution is 2.30. The molecule has 3 rings (SSSR count). The van der Waals surface area contributed by atoms with Gasteiger partial charge in [0.2, 0.25) is 11.9 Å². The number of hydrogen-bond acceptors (Lipinski definition) is 10. The Hall–Kier alpha value is -3.48. The number of halogens is 1. The number of carbonyl (C=O) groups excluding carboxylic acids is 2. The molecule has 6 N–H and O–H groups in total. The molecule has 0 spiro atoms. The minimum absolute atomic E-state index is 0.0904. The molecule has 16 heteroatoms. The zero-order valence-corrected chi connectivity index (χ0v) is 32.5.